The monoisotopic (exact) mass is 368 g/mol. The van der Waals surface area contributed by atoms with Crippen molar-refractivity contribution in [3.8, 4) is 28.7 Å². The second-order valence-corrected chi connectivity index (χ2v) is 6.72. The molecule has 2 aromatic heterocycles. The lowest BCUT2D eigenvalue weighted by molar-refractivity contribution is 0.111. The summed E-state index contributed by atoms with van der Waals surface area (Å²) >= 11 is 0. The number of imidazole rings is 1. The molecule has 0 radical (unpaired) electrons. The fourth-order valence-electron chi connectivity index (χ4n) is 3.65. The number of ether oxygens (including phenoxy) is 1. The Balaban J connectivity index is 1.86. The van der Waals surface area contributed by atoms with Crippen LogP contribution in [-0.2, 0) is 0 Å². The van der Waals surface area contributed by atoms with Gasteiger partial charge in [-0.1, -0.05) is 12.1 Å². The number of halogens is 1. The molecule has 140 valence electrons. The first-order valence-electron chi connectivity index (χ1n) is 9.04. The van der Waals surface area contributed by atoms with Crippen LogP contribution in [0.2, 0.25) is 0 Å². The molecule has 2 heterocycles. The average Bonchev–Trinajstić information content (AvgIpc) is 3.14. The topological polar surface area (TPSA) is 73.1 Å². The minimum atomic E-state index is -0.330. The largest absolute Gasteiger partial charge is 0.467 e. The molecule has 1 fully saturated rings. The quantitative estimate of drug-likeness (QED) is 0.761. The second-order valence-electron chi connectivity index (χ2n) is 6.72. The summed E-state index contributed by atoms with van der Waals surface area (Å²) in [5, 5.41) is 9.84. The van der Waals surface area contributed by atoms with E-state index in [0.717, 1.165) is 31.4 Å². The molecule has 1 aliphatic carbocycles. The molecule has 6 nitrogen and oxygen atoms in total. The van der Waals surface area contributed by atoms with Crippen LogP contribution in [-0.4, -0.2) is 37.8 Å². The van der Waals surface area contributed by atoms with Crippen LogP contribution in [0.15, 0.2) is 42.9 Å². The van der Waals surface area contributed by atoms with E-state index in [2.05, 4.69) is 19.5 Å². The van der Waals surface area contributed by atoms with E-state index in [0.29, 0.717) is 17.0 Å². The van der Waals surface area contributed by atoms with Crippen molar-refractivity contribution >= 4 is 0 Å². The van der Waals surface area contributed by atoms with Crippen molar-refractivity contribution in [3.63, 3.8) is 0 Å². The number of methoxy groups -OCH3 is 1. The van der Waals surface area contributed by atoms with Crippen LogP contribution in [0.5, 0.6) is 6.01 Å². The maximum Gasteiger partial charge on any atom is 0.316 e. The zero-order chi connectivity index (χ0) is 18.8. The molecule has 1 N–H and O–H groups in total. The van der Waals surface area contributed by atoms with Crippen LogP contribution < -0.4 is 4.74 Å². The first-order valence-corrected chi connectivity index (χ1v) is 9.04. The van der Waals surface area contributed by atoms with Gasteiger partial charge in [0.1, 0.15) is 11.5 Å². The van der Waals surface area contributed by atoms with Crippen LogP contribution in [0.25, 0.3) is 22.6 Å². The lowest BCUT2D eigenvalue weighted by atomic mass is 9.92. The molecule has 1 aromatic carbocycles. The van der Waals surface area contributed by atoms with Gasteiger partial charge < -0.3 is 14.4 Å². The van der Waals surface area contributed by atoms with E-state index >= 15 is 0 Å². The van der Waals surface area contributed by atoms with Gasteiger partial charge in [-0.3, -0.25) is 0 Å². The lowest BCUT2D eigenvalue weighted by Crippen LogP contribution is -2.21. The first-order chi connectivity index (χ1) is 13.2. The highest BCUT2D eigenvalue weighted by molar-refractivity contribution is 5.77. The number of hydrogen-bond donors (Lipinski definition) is 1. The van der Waals surface area contributed by atoms with Crippen LogP contribution >= 0.6 is 0 Å². The van der Waals surface area contributed by atoms with Gasteiger partial charge in [-0.25, -0.2) is 14.4 Å². The summed E-state index contributed by atoms with van der Waals surface area (Å²) in [5.74, 6) is -0.330. The molecule has 3 aromatic rings. The van der Waals surface area contributed by atoms with Crippen LogP contribution in [0.3, 0.4) is 0 Å². The van der Waals surface area contributed by atoms with Crippen LogP contribution in [0, 0.1) is 5.82 Å². The molecule has 27 heavy (non-hydrogen) atoms. The summed E-state index contributed by atoms with van der Waals surface area (Å²) in [6.45, 7) is 0. The number of hydrogen-bond acceptors (Lipinski definition) is 5. The minimum absolute atomic E-state index is 0.178. The van der Waals surface area contributed by atoms with Crippen molar-refractivity contribution in [1.82, 2.24) is 19.5 Å². The normalized spacial score (nSPS) is 19.8. The number of aliphatic hydroxyl groups excluding tert-OH is 1. The van der Waals surface area contributed by atoms with Gasteiger partial charge in [0.05, 0.1) is 30.9 Å². The summed E-state index contributed by atoms with van der Waals surface area (Å²) < 4.78 is 21.7. The fraction of sp³-hybridized carbons (Fsp3) is 0.350. The fourth-order valence-corrected chi connectivity index (χ4v) is 3.65. The Morgan fingerprint density at radius 1 is 1.11 bits per heavy atom. The summed E-state index contributed by atoms with van der Waals surface area (Å²) in [6.07, 6.45) is 6.27. The molecule has 0 spiro atoms. The molecule has 1 saturated carbocycles. The average molecular weight is 368 g/mol. The Morgan fingerprint density at radius 3 is 2.63 bits per heavy atom. The zero-order valence-electron chi connectivity index (χ0n) is 15.0. The van der Waals surface area contributed by atoms with E-state index < -0.39 is 0 Å². The highest BCUT2D eigenvalue weighted by atomic mass is 19.1. The lowest BCUT2D eigenvalue weighted by Gasteiger charge is -2.28. The molecule has 0 bridgehead atoms. The maximum atomic E-state index is 14.5. The van der Waals surface area contributed by atoms with E-state index in [-0.39, 0.29) is 24.0 Å². The van der Waals surface area contributed by atoms with E-state index in [9.17, 15) is 9.50 Å². The Hall–Kier alpha value is -2.80. The Kier molecular flexibility index (Phi) is 4.85. The SMILES string of the molecule is COc1nccc(-c2c(-c3ccccc3F)ncn2[C@H]2CC[C@H](O)CC2)n1. The van der Waals surface area contributed by atoms with Gasteiger partial charge in [-0.15, -0.1) is 0 Å². The zero-order valence-corrected chi connectivity index (χ0v) is 15.0. The summed E-state index contributed by atoms with van der Waals surface area (Å²) in [7, 11) is 1.51. The number of nitrogens with zero attached hydrogens (tertiary/aromatic N) is 4. The molecule has 0 unspecified atom stereocenters. The molecule has 0 saturated heterocycles. The standard InChI is InChI=1S/C20H21FN4O2/c1-27-20-22-11-10-17(24-20)19-18(15-4-2-3-5-16(15)21)23-12-25(19)13-6-8-14(26)9-7-13/h2-5,10-14,26H,6-9H2,1H3/t13-,14-. The number of aliphatic hydroxyl groups is 1. The Morgan fingerprint density at radius 2 is 1.89 bits per heavy atom. The predicted molar refractivity (Wildman–Crippen MR) is 98.7 cm³/mol. The third-order valence-corrected chi connectivity index (χ3v) is 5.04. The Labute approximate surface area is 156 Å². The minimum Gasteiger partial charge on any atom is -0.467 e. The Bertz CT molecular complexity index is 935. The van der Waals surface area contributed by atoms with Crippen LogP contribution in [0.1, 0.15) is 31.7 Å². The molecule has 0 amide bonds. The second kappa shape index (κ2) is 7.44. The third kappa shape index (κ3) is 3.42. The van der Waals surface area contributed by atoms with E-state index in [4.69, 9.17) is 4.74 Å². The number of benzene rings is 1. The summed E-state index contributed by atoms with van der Waals surface area (Å²) in [6, 6.07) is 8.79. The summed E-state index contributed by atoms with van der Waals surface area (Å²) in [4.78, 5) is 13.1. The molecule has 0 aliphatic heterocycles. The van der Waals surface area contributed by atoms with E-state index in [1.54, 1.807) is 36.8 Å². The van der Waals surface area contributed by atoms with Crippen molar-refractivity contribution in [2.75, 3.05) is 7.11 Å². The van der Waals surface area contributed by atoms with Crippen molar-refractivity contribution in [2.45, 2.75) is 37.8 Å². The van der Waals surface area contributed by atoms with Crippen molar-refractivity contribution in [1.29, 1.82) is 0 Å². The van der Waals surface area contributed by atoms with Crippen molar-refractivity contribution in [2.24, 2.45) is 0 Å². The number of aromatic nitrogens is 4. The highest BCUT2D eigenvalue weighted by Crippen LogP contribution is 2.37. The highest BCUT2D eigenvalue weighted by Gasteiger charge is 2.26. The van der Waals surface area contributed by atoms with E-state index in [1.165, 1.54) is 13.2 Å². The first kappa shape index (κ1) is 17.6. The number of rotatable bonds is 4. The van der Waals surface area contributed by atoms with Gasteiger partial charge in [0.2, 0.25) is 0 Å². The molecule has 7 heteroatoms. The molecular formula is C20H21FN4O2. The smallest absolute Gasteiger partial charge is 0.316 e. The molecule has 1 aliphatic rings. The van der Waals surface area contributed by atoms with Crippen LogP contribution in [0.4, 0.5) is 4.39 Å². The van der Waals surface area contributed by atoms with Gasteiger partial charge >= 0.3 is 6.01 Å². The summed E-state index contributed by atoms with van der Waals surface area (Å²) in [5.41, 5.74) is 2.34. The van der Waals surface area contributed by atoms with Gasteiger partial charge in [-0.2, -0.15) is 4.98 Å². The van der Waals surface area contributed by atoms with Crippen molar-refractivity contribution in [3.05, 3.63) is 48.7 Å². The van der Waals surface area contributed by atoms with Gasteiger partial charge in [0, 0.05) is 17.8 Å². The van der Waals surface area contributed by atoms with Crippen molar-refractivity contribution < 1.29 is 14.2 Å². The third-order valence-electron chi connectivity index (χ3n) is 5.04. The predicted octanol–water partition coefficient (Wildman–Crippen LogP) is 3.63. The maximum absolute atomic E-state index is 14.5. The van der Waals surface area contributed by atoms with E-state index in [1.807, 2.05) is 0 Å². The molecule has 4 rings (SSSR count). The molecule has 0 atom stereocenters. The molecular weight excluding hydrogens is 347 g/mol. The van der Waals surface area contributed by atoms with Gasteiger partial charge in [-0.05, 0) is 43.9 Å². The van der Waals surface area contributed by atoms with Gasteiger partial charge in [0.15, 0.2) is 0 Å². The van der Waals surface area contributed by atoms with Gasteiger partial charge in [0.25, 0.3) is 0 Å².